The summed E-state index contributed by atoms with van der Waals surface area (Å²) in [6.45, 7) is 5.17. The number of aliphatic hydroxyl groups is 1. The number of amides is 1. The summed E-state index contributed by atoms with van der Waals surface area (Å²) in [5.74, 6) is -1.11. The number of nitrogens with zero attached hydrogens (tertiary/aromatic N) is 1. The number of aromatic nitrogens is 1. The van der Waals surface area contributed by atoms with Gasteiger partial charge in [0.2, 0.25) is 0 Å². The van der Waals surface area contributed by atoms with E-state index in [9.17, 15) is 27.5 Å². The Morgan fingerprint density at radius 1 is 1.13 bits per heavy atom. The van der Waals surface area contributed by atoms with E-state index in [1.165, 1.54) is 18.2 Å². The lowest BCUT2D eigenvalue weighted by molar-refractivity contribution is -0.141. The average Bonchev–Trinajstić information content (AvgIpc) is 2.61. The molecule has 0 saturated carbocycles. The summed E-state index contributed by atoms with van der Waals surface area (Å²) in [5.41, 5.74) is 4.09. The van der Waals surface area contributed by atoms with Crippen LogP contribution in [-0.2, 0) is 19.0 Å². The van der Waals surface area contributed by atoms with Gasteiger partial charge < -0.3 is 16.2 Å². The molecule has 5 nitrogen and oxygen atoms in total. The Balaban J connectivity index is 2.30. The van der Waals surface area contributed by atoms with Crippen molar-refractivity contribution in [3.8, 4) is 0 Å². The molecule has 4 N–H and O–H groups in total. The molecule has 0 aliphatic heterocycles. The van der Waals surface area contributed by atoms with E-state index in [1.807, 2.05) is 0 Å². The molecule has 0 fully saturated rings. The summed E-state index contributed by atoms with van der Waals surface area (Å²) in [4.78, 5) is 16.1. The number of hydrogen-bond donors (Lipinski definition) is 3. The first kappa shape index (κ1) is 23.8. The fraction of sp³-hybridized carbons (Fsp3) is 0.429. The molecule has 1 heterocycles. The molecule has 164 valence electrons. The van der Waals surface area contributed by atoms with Gasteiger partial charge in [0, 0.05) is 18.0 Å². The van der Waals surface area contributed by atoms with E-state index >= 15 is 0 Å². The van der Waals surface area contributed by atoms with Crippen LogP contribution in [0.3, 0.4) is 0 Å². The van der Waals surface area contributed by atoms with Crippen molar-refractivity contribution < 1.29 is 27.5 Å². The summed E-state index contributed by atoms with van der Waals surface area (Å²) >= 11 is 0. The Morgan fingerprint density at radius 3 is 2.33 bits per heavy atom. The van der Waals surface area contributed by atoms with Crippen molar-refractivity contribution in [2.24, 2.45) is 5.73 Å². The van der Waals surface area contributed by atoms with Gasteiger partial charge in [0.15, 0.2) is 0 Å². The Kier molecular flexibility index (Phi) is 7.20. The Morgan fingerprint density at radius 2 is 1.77 bits per heavy atom. The zero-order valence-corrected chi connectivity index (χ0v) is 16.9. The first-order valence-corrected chi connectivity index (χ1v) is 9.34. The van der Waals surface area contributed by atoms with Gasteiger partial charge in [-0.05, 0) is 51.0 Å². The molecule has 30 heavy (non-hydrogen) atoms. The van der Waals surface area contributed by atoms with Crippen molar-refractivity contribution in [1.29, 1.82) is 0 Å². The first-order valence-electron chi connectivity index (χ1n) is 9.34. The third kappa shape index (κ3) is 6.50. The molecule has 9 heteroatoms. The summed E-state index contributed by atoms with van der Waals surface area (Å²) in [5, 5.41) is 13.1. The second kappa shape index (κ2) is 9.09. The van der Waals surface area contributed by atoms with Gasteiger partial charge in [-0.15, -0.1) is 0 Å². The van der Waals surface area contributed by atoms with Crippen molar-refractivity contribution in [2.45, 2.75) is 57.5 Å². The summed E-state index contributed by atoms with van der Waals surface area (Å²) in [7, 11) is 0. The van der Waals surface area contributed by atoms with Gasteiger partial charge in [0.1, 0.15) is 11.5 Å². The van der Waals surface area contributed by atoms with E-state index in [4.69, 9.17) is 5.73 Å². The molecule has 1 amide bonds. The van der Waals surface area contributed by atoms with Crippen molar-refractivity contribution in [3.05, 3.63) is 64.7 Å². The van der Waals surface area contributed by atoms with Gasteiger partial charge in [0.25, 0.3) is 5.91 Å². The Labute approximate surface area is 172 Å². The molecular weight excluding hydrogens is 402 g/mol. The number of alkyl halides is 3. The summed E-state index contributed by atoms with van der Waals surface area (Å²) < 4.78 is 53.1. The number of carbonyl (C=O) groups excluding carboxylic acids is 1. The third-order valence-corrected chi connectivity index (χ3v) is 4.31. The maximum Gasteiger partial charge on any atom is 0.433 e. The third-order valence-electron chi connectivity index (χ3n) is 4.31. The monoisotopic (exact) mass is 427 g/mol. The van der Waals surface area contributed by atoms with E-state index < -0.39 is 47.7 Å². The lowest BCUT2D eigenvalue weighted by atomic mass is 9.96. The molecule has 2 rings (SSSR count). The summed E-state index contributed by atoms with van der Waals surface area (Å²) in [6.07, 6.45) is -6.49. The van der Waals surface area contributed by atoms with Crippen LogP contribution in [-0.4, -0.2) is 33.7 Å². The van der Waals surface area contributed by atoms with E-state index in [0.717, 1.165) is 6.07 Å². The normalized spacial score (nSPS) is 14.3. The minimum Gasteiger partial charge on any atom is -0.391 e. The van der Waals surface area contributed by atoms with Crippen molar-refractivity contribution in [2.75, 3.05) is 0 Å². The second-order valence-electron chi connectivity index (χ2n) is 8.12. The van der Waals surface area contributed by atoms with Crippen LogP contribution in [0.4, 0.5) is 17.6 Å². The lowest BCUT2D eigenvalue weighted by Gasteiger charge is -2.23. The fourth-order valence-electron chi connectivity index (χ4n) is 2.83. The predicted octanol–water partition coefficient (Wildman–Crippen LogP) is 3.24. The van der Waals surface area contributed by atoms with Crippen molar-refractivity contribution in [3.63, 3.8) is 0 Å². The number of carbonyl (C=O) groups is 1. The average molecular weight is 427 g/mol. The van der Waals surface area contributed by atoms with Crippen LogP contribution < -0.4 is 11.1 Å². The molecule has 0 aliphatic rings. The van der Waals surface area contributed by atoms with Crippen LogP contribution >= 0.6 is 0 Å². The second-order valence-corrected chi connectivity index (χ2v) is 8.12. The molecule has 0 bridgehead atoms. The highest BCUT2D eigenvalue weighted by atomic mass is 19.4. The van der Waals surface area contributed by atoms with E-state index in [-0.39, 0.29) is 23.2 Å². The lowest BCUT2D eigenvalue weighted by Crippen LogP contribution is -2.42. The zero-order valence-electron chi connectivity index (χ0n) is 16.9. The molecular formula is C21H25F4N3O2. The van der Waals surface area contributed by atoms with Crippen molar-refractivity contribution in [1.82, 2.24) is 10.3 Å². The number of aliphatic hydroxyl groups excluding tert-OH is 1. The van der Waals surface area contributed by atoms with Crippen molar-refractivity contribution >= 4 is 5.91 Å². The topological polar surface area (TPSA) is 88.2 Å². The largest absolute Gasteiger partial charge is 0.433 e. The predicted molar refractivity (Wildman–Crippen MR) is 104 cm³/mol. The van der Waals surface area contributed by atoms with Crippen LogP contribution in [0.15, 0.2) is 36.4 Å². The highest BCUT2D eigenvalue weighted by molar-refractivity contribution is 5.95. The van der Waals surface area contributed by atoms with Crippen LogP contribution in [0.25, 0.3) is 0 Å². The maximum atomic E-state index is 13.8. The summed E-state index contributed by atoms with van der Waals surface area (Å²) in [6, 6.07) is 6.64. The molecule has 2 unspecified atom stereocenters. The number of rotatable bonds is 6. The minimum atomic E-state index is -4.71. The molecule has 2 aromatic rings. The van der Waals surface area contributed by atoms with Crippen LogP contribution in [0.2, 0.25) is 0 Å². The van der Waals surface area contributed by atoms with Crippen LogP contribution in [0.5, 0.6) is 0 Å². The van der Waals surface area contributed by atoms with Crippen LogP contribution in [0, 0.1) is 5.82 Å². The number of benzene rings is 1. The highest BCUT2D eigenvalue weighted by Crippen LogP contribution is 2.29. The fourth-order valence-corrected chi connectivity index (χ4v) is 2.83. The molecule has 1 aromatic carbocycles. The SMILES string of the molecule is CC(C)(C)NC(=O)c1ccc(C(F)(F)F)nc1CC(O)C(N)Cc1ccccc1F. The van der Waals surface area contributed by atoms with E-state index in [0.29, 0.717) is 6.07 Å². The van der Waals surface area contributed by atoms with Gasteiger partial charge in [-0.2, -0.15) is 13.2 Å². The molecule has 0 spiro atoms. The van der Waals surface area contributed by atoms with Gasteiger partial charge in [0.05, 0.1) is 17.4 Å². The van der Waals surface area contributed by atoms with Gasteiger partial charge >= 0.3 is 6.18 Å². The van der Waals surface area contributed by atoms with Gasteiger partial charge in [-0.25, -0.2) is 9.37 Å². The molecule has 2 atom stereocenters. The molecule has 0 saturated heterocycles. The Hall–Kier alpha value is -2.52. The molecule has 0 radical (unpaired) electrons. The highest BCUT2D eigenvalue weighted by Gasteiger charge is 2.34. The number of pyridine rings is 1. The van der Waals surface area contributed by atoms with Crippen LogP contribution in [0.1, 0.15) is 48.1 Å². The smallest absolute Gasteiger partial charge is 0.391 e. The molecule has 1 aromatic heterocycles. The number of nitrogens with two attached hydrogens (primary N) is 1. The molecule has 0 aliphatic carbocycles. The van der Waals surface area contributed by atoms with E-state index in [2.05, 4.69) is 10.3 Å². The minimum absolute atomic E-state index is 0.0314. The van der Waals surface area contributed by atoms with E-state index in [1.54, 1.807) is 26.8 Å². The van der Waals surface area contributed by atoms with Gasteiger partial charge in [-0.3, -0.25) is 4.79 Å². The quantitative estimate of drug-likeness (QED) is 0.618. The number of halogens is 4. The number of hydrogen-bond acceptors (Lipinski definition) is 4. The number of nitrogens with one attached hydrogen (secondary N) is 1. The zero-order chi connectivity index (χ0) is 22.7. The Bertz CT molecular complexity index is 895. The van der Waals surface area contributed by atoms with Gasteiger partial charge in [-0.1, -0.05) is 18.2 Å². The standard InChI is InChI=1S/C21H25F4N3O2/c1-20(2,3)28-19(30)13-8-9-18(21(23,24)25)27-16(13)11-17(29)15(26)10-12-6-4-5-7-14(12)22/h4-9,15,17,29H,10-11,26H2,1-3H3,(H,28,30). The first-order chi connectivity index (χ1) is 13.8. The maximum absolute atomic E-state index is 13.8.